The molecule has 1 saturated carbocycles. The molecule has 1 unspecified atom stereocenters. The van der Waals surface area contributed by atoms with Crippen LogP contribution in [0.2, 0.25) is 0 Å². The number of benzene rings is 6. The van der Waals surface area contributed by atoms with Crippen molar-refractivity contribution in [3.8, 4) is 22.4 Å². The van der Waals surface area contributed by atoms with Gasteiger partial charge >= 0.3 is 0 Å². The van der Waals surface area contributed by atoms with E-state index >= 15 is 0 Å². The minimum atomic E-state index is -0.328. The first-order chi connectivity index (χ1) is 22.7. The van der Waals surface area contributed by atoms with Crippen LogP contribution in [0.15, 0.2) is 174 Å². The predicted octanol–water partition coefficient (Wildman–Crippen LogP) is 9.87. The van der Waals surface area contributed by atoms with E-state index in [0.29, 0.717) is 0 Å². The zero-order valence-electron chi connectivity index (χ0n) is 25.3. The average molecular weight is 590 g/mol. The molecule has 6 aromatic carbocycles. The molecule has 2 aliphatic rings. The third-order valence-corrected chi connectivity index (χ3v) is 9.44. The lowest BCUT2D eigenvalue weighted by Crippen LogP contribution is -2.31. The molecular formula is C43H31N3. The standard InChI is InChI=1S/C43H31N3/c1-3-12-29(13-4-1)22-41-39-28-43(39,36-17-5-2-6-18-36)46-42(45-41)35-25-33(24-34(26-35)40-20-9-10-21-44-40)37-19-11-16-32-23-30-14-7-8-15-31(30)27-38(32)37/h1-21,23-27H,22,28H2,(H,45,46). The molecule has 2 heterocycles. The Kier molecular flexibility index (Phi) is 6.17. The van der Waals surface area contributed by atoms with Crippen molar-refractivity contribution in [3.63, 3.8) is 0 Å². The number of aliphatic imine (C=N–C) groups is 1. The third kappa shape index (κ3) is 4.60. The number of rotatable bonds is 6. The van der Waals surface area contributed by atoms with Crippen molar-refractivity contribution in [2.24, 2.45) is 4.99 Å². The minimum Gasteiger partial charge on any atom is -0.343 e. The first-order valence-corrected chi connectivity index (χ1v) is 15.9. The van der Waals surface area contributed by atoms with Crippen LogP contribution in [0.4, 0.5) is 0 Å². The fourth-order valence-corrected chi connectivity index (χ4v) is 7.07. The summed E-state index contributed by atoms with van der Waals surface area (Å²) in [5, 5.41) is 8.79. The van der Waals surface area contributed by atoms with Crippen LogP contribution < -0.4 is 5.32 Å². The molecule has 0 bridgehead atoms. The molecule has 3 heteroatoms. The van der Waals surface area contributed by atoms with Crippen LogP contribution in [0.3, 0.4) is 0 Å². The molecule has 3 nitrogen and oxygen atoms in total. The van der Waals surface area contributed by atoms with Gasteiger partial charge in [-0.05, 0) is 91.8 Å². The number of fused-ring (bicyclic) bond motifs is 3. The maximum atomic E-state index is 5.52. The molecule has 7 aromatic rings. The first-order valence-electron chi connectivity index (χ1n) is 15.9. The fraction of sp³-hybridized carbons (Fsp3) is 0.0698. The van der Waals surface area contributed by atoms with Gasteiger partial charge in [-0.1, -0.05) is 109 Å². The van der Waals surface area contributed by atoms with Gasteiger partial charge in [0.25, 0.3) is 0 Å². The van der Waals surface area contributed by atoms with Gasteiger partial charge in [0.1, 0.15) is 11.4 Å². The molecule has 1 aliphatic carbocycles. The van der Waals surface area contributed by atoms with E-state index in [2.05, 4.69) is 151 Å². The van der Waals surface area contributed by atoms with E-state index < -0.39 is 0 Å². The van der Waals surface area contributed by atoms with Crippen molar-refractivity contribution in [2.75, 3.05) is 0 Å². The summed E-state index contributed by atoms with van der Waals surface area (Å²) < 4.78 is 0. The van der Waals surface area contributed by atoms with E-state index in [4.69, 9.17) is 9.98 Å². The van der Waals surface area contributed by atoms with Crippen LogP contribution in [0, 0.1) is 0 Å². The molecule has 46 heavy (non-hydrogen) atoms. The highest BCUT2D eigenvalue weighted by molar-refractivity contribution is 6.07. The first kappa shape index (κ1) is 26.6. The Morgan fingerprint density at radius 2 is 1.28 bits per heavy atom. The minimum absolute atomic E-state index is 0.328. The lowest BCUT2D eigenvalue weighted by atomic mass is 9.92. The Bertz CT molecular complexity index is 2320. The summed E-state index contributed by atoms with van der Waals surface area (Å²) in [4.78, 5) is 10.3. The number of hydrogen-bond donors (Lipinski definition) is 1. The molecule has 1 aliphatic heterocycles. The highest BCUT2D eigenvalue weighted by Gasteiger charge is 2.54. The van der Waals surface area contributed by atoms with Gasteiger partial charge in [0.15, 0.2) is 0 Å². The Balaban J connectivity index is 1.23. The van der Waals surface area contributed by atoms with Gasteiger partial charge in [0.2, 0.25) is 0 Å². The lowest BCUT2D eigenvalue weighted by Gasteiger charge is -2.24. The molecule has 0 saturated heterocycles. The summed E-state index contributed by atoms with van der Waals surface area (Å²) in [5.41, 5.74) is 10.3. The zero-order chi connectivity index (χ0) is 30.5. The maximum Gasteiger partial charge on any atom is 0.133 e. The van der Waals surface area contributed by atoms with Crippen LogP contribution in [-0.4, -0.2) is 10.8 Å². The molecule has 0 amide bonds. The number of allylic oxidation sites excluding steroid dienone is 1. The maximum absolute atomic E-state index is 5.52. The molecule has 218 valence electrons. The number of aromatic nitrogens is 1. The second-order valence-corrected chi connectivity index (χ2v) is 12.3. The molecule has 0 radical (unpaired) electrons. The van der Waals surface area contributed by atoms with Crippen molar-refractivity contribution in [1.82, 2.24) is 10.3 Å². The monoisotopic (exact) mass is 589 g/mol. The van der Waals surface area contributed by atoms with E-state index in [0.717, 1.165) is 41.1 Å². The normalized spacial score (nSPS) is 17.0. The number of amidine groups is 1. The Labute approximate surface area is 268 Å². The topological polar surface area (TPSA) is 37.3 Å². The van der Waals surface area contributed by atoms with Gasteiger partial charge in [-0.15, -0.1) is 0 Å². The second-order valence-electron chi connectivity index (χ2n) is 12.3. The van der Waals surface area contributed by atoms with Crippen LogP contribution in [0.25, 0.3) is 43.9 Å². The summed E-state index contributed by atoms with van der Waals surface area (Å²) in [6.07, 6.45) is 3.63. The van der Waals surface area contributed by atoms with Crippen LogP contribution >= 0.6 is 0 Å². The van der Waals surface area contributed by atoms with Crippen molar-refractivity contribution >= 4 is 27.4 Å². The van der Waals surface area contributed by atoms with Gasteiger partial charge < -0.3 is 5.32 Å². The molecular weight excluding hydrogens is 558 g/mol. The summed E-state index contributed by atoms with van der Waals surface area (Å²) in [5.74, 6) is 0.903. The van der Waals surface area contributed by atoms with Crippen molar-refractivity contribution in [2.45, 2.75) is 18.4 Å². The Hall–Kier alpha value is -5.80. The fourth-order valence-electron chi connectivity index (χ4n) is 7.07. The molecule has 0 spiro atoms. The predicted molar refractivity (Wildman–Crippen MR) is 190 cm³/mol. The lowest BCUT2D eigenvalue weighted by molar-refractivity contribution is 0.744. The van der Waals surface area contributed by atoms with Gasteiger partial charge in [-0.25, -0.2) is 0 Å². The molecule has 1 atom stereocenters. The molecule has 1 N–H and O–H groups in total. The summed E-state index contributed by atoms with van der Waals surface area (Å²) in [6, 6.07) is 54.2. The van der Waals surface area contributed by atoms with E-state index in [1.54, 1.807) is 0 Å². The van der Waals surface area contributed by atoms with Gasteiger partial charge in [0.05, 0.1) is 5.69 Å². The van der Waals surface area contributed by atoms with Gasteiger partial charge in [0, 0.05) is 35.9 Å². The zero-order valence-corrected chi connectivity index (χ0v) is 25.3. The van der Waals surface area contributed by atoms with E-state index in [-0.39, 0.29) is 5.54 Å². The average Bonchev–Trinajstić information content (AvgIpc) is 3.88. The number of hydrogen-bond acceptors (Lipinski definition) is 3. The van der Waals surface area contributed by atoms with E-state index in [1.165, 1.54) is 49.5 Å². The van der Waals surface area contributed by atoms with E-state index in [9.17, 15) is 0 Å². The SMILES string of the molecule is c1ccc(CC2=C3CC3(c3ccccc3)N=C(c3cc(-c4ccccn4)cc(-c4cccc5cc6ccccc6cc45)c3)N2)cc1. The van der Waals surface area contributed by atoms with Crippen molar-refractivity contribution in [1.29, 1.82) is 0 Å². The number of pyridine rings is 1. The van der Waals surface area contributed by atoms with E-state index in [1.807, 2.05) is 12.3 Å². The third-order valence-electron chi connectivity index (χ3n) is 9.44. The summed E-state index contributed by atoms with van der Waals surface area (Å²) in [7, 11) is 0. The van der Waals surface area contributed by atoms with Crippen LogP contribution in [0.1, 0.15) is 23.1 Å². The number of nitrogens with one attached hydrogen (secondary N) is 1. The Morgan fingerprint density at radius 3 is 2.09 bits per heavy atom. The van der Waals surface area contributed by atoms with Gasteiger partial charge in [-0.3, -0.25) is 9.98 Å². The number of nitrogens with zero attached hydrogens (tertiary/aromatic N) is 2. The second kappa shape index (κ2) is 10.7. The summed E-state index contributed by atoms with van der Waals surface area (Å²) in [6.45, 7) is 0. The highest BCUT2D eigenvalue weighted by Crippen LogP contribution is 2.58. The Morgan fingerprint density at radius 1 is 0.587 bits per heavy atom. The van der Waals surface area contributed by atoms with Crippen molar-refractivity contribution < 1.29 is 0 Å². The van der Waals surface area contributed by atoms with Crippen molar-refractivity contribution in [3.05, 3.63) is 186 Å². The quantitative estimate of drug-likeness (QED) is 0.196. The molecule has 1 aromatic heterocycles. The molecule has 9 rings (SSSR count). The summed E-state index contributed by atoms with van der Waals surface area (Å²) >= 11 is 0. The van der Waals surface area contributed by atoms with Crippen LogP contribution in [0.5, 0.6) is 0 Å². The van der Waals surface area contributed by atoms with Gasteiger partial charge in [-0.2, -0.15) is 0 Å². The molecule has 1 fully saturated rings. The highest BCUT2D eigenvalue weighted by atomic mass is 15.1. The van der Waals surface area contributed by atoms with Crippen LogP contribution in [-0.2, 0) is 12.0 Å². The largest absolute Gasteiger partial charge is 0.343 e. The smallest absolute Gasteiger partial charge is 0.133 e.